The van der Waals surface area contributed by atoms with Crippen molar-refractivity contribution in [3.63, 3.8) is 0 Å². The number of amides is 1. The minimum Gasteiger partial charge on any atom is -0.372 e. The second-order valence-corrected chi connectivity index (χ2v) is 8.22. The highest BCUT2D eigenvalue weighted by Crippen LogP contribution is 2.38. The predicted molar refractivity (Wildman–Crippen MR) is 96.9 cm³/mol. The Balaban J connectivity index is 1.60. The molecular formula is C19H23F3N4O2. The monoisotopic (exact) mass is 396 g/mol. The Morgan fingerprint density at radius 1 is 1.29 bits per heavy atom. The van der Waals surface area contributed by atoms with Crippen LogP contribution in [0.4, 0.5) is 19.1 Å². The molecule has 3 heterocycles. The third-order valence-electron chi connectivity index (χ3n) is 5.49. The maximum absolute atomic E-state index is 13.1. The summed E-state index contributed by atoms with van der Waals surface area (Å²) in [7, 11) is 0. The lowest BCUT2D eigenvalue weighted by Gasteiger charge is -2.28. The van der Waals surface area contributed by atoms with Gasteiger partial charge in [-0.1, -0.05) is 0 Å². The van der Waals surface area contributed by atoms with Crippen molar-refractivity contribution >= 4 is 23.0 Å². The van der Waals surface area contributed by atoms with E-state index in [-0.39, 0.29) is 41.7 Å². The molecule has 2 aromatic rings. The number of nitrogens with zero attached hydrogens (tertiary/aromatic N) is 3. The summed E-state index contributed by atoms with van der Waals surface area (Å²) in [5.74, 6) is 0.00315. The van der Waals surface area contributed by atoms with Crippen LogP contribution in [0.2, 0.25) is 0 Å². The van der Waals surface area contributed by atoms with E-state index in [4.69, 9.17) is 4.74 Å². The molecule has 1 aliphatic carbocycles. The van der Waals surface area contributed by atoms with Gasteiger partial charge in [-0.2, -0.15) is 13.2 Å². The number of ether oxygens (including phenoxy) is 1. The van der Waals surface area contributed by atoms with E-state index in [2.05, 4.69) is 15.3 Å². The van der Waals surface area contributed by atoms with Crippen molar-refractivity contribution in [2.45, 2.75) is 76.3 Å². The number of aromatic nitrogens is 3. The van der Waals surface area contributed by atoms with Crippen LogP contribution in [0.5, 0.6) is 0 Å². The van der Waals surface area contributed by atoms with Gasteiger partial charge in [0.25, 0.3) is 0 Å². The number of nitrogens with one attached hydrogen (secondary N) is 1. The average Bonchev–Trinajstić information content (AvgIpc) is 3.04. The van der Waals surface area contributed by atoms with Crippen molar-refractivity contribution in [2.24, 2.45) is 0 Å². The zero-order valence-corrected chi connectivity index (χ0v) is 15.8. The molecule has 4 rings (SSSR count). The Morgan fingerprint density at radius 3 is 2.61 bits per heavy atom. The van der Waals surface area contributed by atoms with Crippen molar-refractivity contribution in [1.82, 2.24) is 14.5 Å². The Bertz CT molecular complexity index is 902. The third kappa shape index (κ3) is 3.72. The quantitative estimate of drug-likeness (QED) is 0.828. The van der Waals surface area contributed by atoms with Gasteiger partial charge in [-0.05, 0) is 58.1 Å². The lowest BCUT2D eigenvalue weighted by Crippen LogP contribution is -2.26. The molecule has 1 amide bonds. The first kappa shape index (κ1) is 19.2. The maximum atomic E-state index is 13.1. The summed E-state index contributed by atoms with van der Waals surface area (Å²) < 4.78 is 46.7. The molecule has 2 fully saturated rings. The number of carbonyl (C=O) groups excluding carboxylic acids is 1. The van der Waals surface area contributed by atoms with E-state index in [1.807, 2.05) is 13.8 Å². The van der Waals surface area contributed by atoms with Gasteiger partial charge < -0.3 is 4.74 Å². The van der Waals surface area contributed by atoms with E-state index in [1.165, 1.54) is 6.07 Å². The number of anilines is 1. The third-order valence-corrected chi connectivity index (χ3v) is 5.49. The van der Waals surface area contributed by atoms with Crippen LogP contribution in [0.3, 0.4) is 0 Å². The largest absolute Gasteiger partial charge is 0.433 e. The predicted octanol–water partition coefficient (Wildman–Crippen LogP) is 4.46. The van der Waals surface area contributed by atoms with Crippen LogP contribution in [-0.4, -0.2) is 32.1 Å². The van der Waals surface area contributed by atoms with Gasteiger partial charge in [-0.15, -0.1) is 0 Å². The van der Waals surface area contributed by atoms with Crippen molar-refractivity contribution in [3.8, 4) is 0 Å². The van der Waals surface area contributed by atoms with Crippen molar-refractivity contribution in [2.75, 3.05) is 5.32 Å². The molecule has 1 N–H and O–H groups in total. The first-order valence-corrected chi connectivity index (χ1v) is 9.56. The number of pyridine rings is 1. The molecule has 0 aromatic carbocycles. The average molecular weight is 396 g/mol. The summed E-state index contributed by atoms with van der Waals surface area (Å²) in [6.45, 7) is 3.98. The topological polar surface area (TPSA) is 69.0 Å². The van der Waals surface area contributed by atoms with Gasteiger partial charge in [0.2, 0.25) is 11.9 Å². The lowest BCUT2D eigenvalue weighted by atomic mass is 9.93. The molecule has 6 nitrogen and oxygen atoms in total. The van der Waals surface area contributed by atoms with Crippen molar-refractivity contribution in [1.29, 1.82) is 0 Å². The molecule has 0 radical (unpaired) electrons. The molecule has 0 spiro atoms. The molecule has 1 saturated carbocycles. The lowest BCUT2D eigenvalue weighted by molar-refractivity contribution is -0.141. The number of imidazole rings is 1. The molecule has 9 heteroatoms. The molecule has 1 saturated heterocycles. The number of hydrogen-bond donors (Lipinski definition) is 1. The fraction of sp³-hybridized carbons (Fsp3) is 0.632. The van der Waals surface area contributed by atoms with E-state index < -0.39 is 11.9 Å². The summed E-state index contributed by atoms with van der Waals surface area (Å²) >= 11 is 0. The molecule has 0 unspecified atom stereocenters. The Morgan fingerprint density at radius 2 is 2.04 bits per heavy atom. The van der Waals surface area contributed by atoms with Gasteiger partial charge in [-0.25, -0.2) is 9.97 Å². The van der Waals surface area contributed by atoms with Gasteiger partial charge in [0, 0.05) is 6.04 Å². The number of halogens is 3. The van der Waals surface area contributed by atoms with Crippen LogP contribution in [0.15, 0.2) is 12.1 Å². The molecule has 2 aromatic heterocycles. The second-order valence-electron chi connectivity index (χ2n) is 8.22. The molecular weight excluding hydrogens is 373 g/mol. The summed E-state index contributed by atoms with van der Waals surface area (Å²) in [5.41, 5.74) is -0.691. The van der Waals surface area contributed by atoms with Gasteiger partial charge >= 0.3 is 6.18 Å². The second kappa shape index (κ2) is 6.72. The van der Waals surface area contributed by atoms with Crippen molar-refractivity contribution < 1.29 is 22.7 Å². The summed E-state index contributed by atoms with van der Waals surface area (Å²) in [4.78, 5) is 20.7. The first-order chi connectivity index (χ1) is 13.1. The Kier molecular flexibility index (Phi) is 4.60. The van der Waals surface area contributed by atoms with E-state index in [0.717, 1.165) is 38.2 Å². The molecule has 152 valence electrons. The van der Waals surface area contributed by atoms with Gasteiger partial charge in [0.15, 0.2) is 5.65 Å². The minimum atomic E-state index is -4.53. The van der Waals surface area contributed by atoms with E-state index >= 15 is 0 Å². The number of hydrogen-bond acceptors (Lipinski definition) is 4. The fourth-order valence-electron chi connectivity index (χ4n) is 3.81. The molecule has 1 atom stereocenters. The van der Waals surface area contributed by atoms with Crippen LogP contribution < -0.4 is 5.32 Å². The summed E-state index contributed by atoms with van der Waals surface area (Å²) in [6, 6.07) is 2.22. The number of alkyl halides is 3. The van der Waals surface area contributed by atoms with Crippen LogP contribution in [0.25, 0.3) is 11.2 Å². The molecule has 1 aliphatic heterocycles. The molecule has 28 heavy (non-hydrogen) atoms. The molecule has 0 bridgehead atoms. The standard InChI is InChI=1S/C19H23F3N4O2/c1-18(2)9-8-12(28-18)10-15(27)25-17-23-13-6-7-14(19(20,21)22)24-16(13)26(17)11-4-3-5-11/h6-7,11-12H,3-5,8-10H2,1-2H3,(H,23,25,27)/t12-/m1/s1. The van der Waals surface area contributed by atoms with Crippen LogP contribution >= 0.6 is 0 Å². The van der Waals surface area contributed by atoms with Crippen molar-refractivity contribution in [3.05, 3.63) is 17.8 Å². The molecule has 2 aliphatic rings. The highest BCUT2D eigenvalue weighted by atomic mass is 19.4. The fourth-order valence-corrected chi connectivity index (χ4v) is 3.81. The van der Waals surface area contributed by atoms with E-state index in [1.54, 1.807) is 4.57 Å². The zero-order valence-electron chi connectivity index (χ0n) is 15.8. The van der Waals surface area contributed by atoms with Crippen LogP contribution in [0, 0.1) is 0 Å². The summed E-state index contributed by atoms with van der Waals surface area (Å²) in [6.07, 6.45) is -0.171. The Hall–Kier alpha value is -2.16. The van der Waals surface area contributed by atoms with Gasteiger partial charge in [-0.3, -0.25) is 14.7 Å². The highest BCUT2D eigenvalue weighted by Gasteiger charge is 2.35. The van der Waals surface area contributed by atoms with E-state index in [9.17, 15) is 18.0 Å². The van der Waals surface area contributed by atoms with E-state index in [0.29, 0.717) is 5.52 Å². The van der Waals surface area contributed by atoms with Gasteiger partial charge in [0.05, 0.1) is 18.1 Å². The summed E-state index contributed by atoms with van der Waals surface area (Å²) in [5, 5.41) is 2.77. The van der Waals surface area contributed by atoms with Crippen LogP contribution in [0.1, 0.15) is 64.1 Å². The number of fused-ring (bicyclic) bond motifs is 1. The SMILES string of the molecule is CC1(C)CC[C@H](CC(=O)Nc2nc3ccc(C(F)(F)F)nc3n2C2CCC2)O1. The Labute approximate surface area is 160 Å². The van der Waals surface area contributed by atoms with Gasteiger partial charge in [0.1, 0.15) is 11.2 Å². The normalized spacial score (nSPS) is 22.4. The number of carbonyl (C=O) groups is 1. The smallest absolute Gasteiger partial charge is 0.372 e. The highest BCUT2D eigenvalue weighted by molar-refractivity contribution is 5.91. The minimum absolute atomic E-state index is 0.00190. The maximum Gasteiger partial charge on any atom is 0.433 e. The van der Waals surface area contributed by atoms with Crippen LogP contribution in [-0.2, 0) is 15.7 Å². The first-order valence-electron chi connectivity index (χ1n) is 9.56. The number of rotatable bonds is 4. The zero-order chi connectivity index (χ0) is 20.1.